The third-order valence-corrected chi connectivity index (χ3v) is 2.94. The number of rotatable bonds is 5. The number of aromatic nitrogens is 2. The Morgan fingerprint density at radius 2 is 2.32 bits per heavy atom. The molecule has 0 atom stereocenters. The molecule has 19 heavy (non-hydrogen) atoms. The van der Waals surface area contributed by atoms with E-state index in [1.165, 1.54) is 0 Å². The van der Waals surface area contributed by atoms with Gasteiger partial charge in [-0.1, -0.05) is 12.1 Å². The van der Waals surface area contributed by atoms with Gasteiger partial charge >= 0.3 is 5.97 Å². The Balaban J connectivity index is 2.67. The highest BCUT2D eigenvalue weighted by atomic mass is 16.4. The monoisotopic (exact) mass is 259 g/mol. The van der Waals surface area contributed by atoms with Crippen molar-refractivity contribution in [3.63, 3.8) is 0 Å². The lowest BCUT2D eigenvalue weighted by Crippen LogP contribution is -2.32. The zero-order chi connectivity index (χ0) is 14.0. The SMILES string of the molecule is C=CCN(c1nc2ccccn2c1C(=O)O)C(C)C. The van der Waals surface area contributed by atoms with E-state index in [0.29, 0.717) is 18.0 Å². The minimum absolute atomic E-state index is 0.140. The molecular weight excluding hydrogens is 242 g/mol. The fourth-order valence-electron chi connectivity index (χ4n) is 2.06. The number of carboxylic acid groups (broad SMARTS) is 1. The summed E-state index contributed by atoms with van der Waals surface area (Å²) in [4.78, 5) is 17.9. The Morgan fingerprint density at radius 3 is 2.89 bits per heavy atom. The maximum atomic E-state index is 11.5. The molecule has 2 aromatic rings. The van der Waals surface area contributed by atoms with Crippen molar-refractivity contribution in [3.05, 3.63) is 42.7 Å². The van der Waals surface area contributed by atoms with Crippen molar-refractivity contribution in [3.8, 4) is 0 Å². The van der Waals surface area contributed by atoms with Crippen LogP contribution in [0.2, 0.25) is 0 Å². The van der Waals surface area contributed by atoms with Crippen molar-refractivity contribution in [2.45, 2.75) is 19.9 Å². The van der Waals surface area contributed by atoms with Gasteiger partial charge in [-0.25, -0.2) is 9.78 Å². The van der Waals surface area contributed by atoms with E-state index in [1.807, 2.05) is 24.8 Å². The molecule has 1 N–H and O–H groups in total. The second-order valence-electron chi connectivity index (χ2n) is 4.55. The Bertz CT molecular complexity index is 616. The number of aromatic carboxylic acids is 1. The van der Waals surface area contributed by atoms with Crippen molar-refractivity contribution >= 4 is 17.4 Å². The van der Waals surface area contributed by atoms with Gasteiger partial charge in [0.2, 0.25) is 0 Å². The molecule has 0 fully saturated rings. The first-order valence-corrected chi connectivity index (χ1v) is 6.14. The van der Waals surface area contributed by atoms with E-state index in [0.717, 1.165) is 0 Å². The highest BCUT2D eigenvalue weighted by molar-refractivity contribution is 5.93. The number of pyridine rings is 1. The number of nitrogens with zero attached hydrogens (tertiary/aromatic N) is 3. The molecule has 0 unspecified atom stereocenters. The van der Waals surface area contributed by atoms with Gasteiger partial charge in [0, 0.05) is 18.8 Å². The predicted molar refractivity (Wildman–Crippen MR) is 74.8 cm³/mol. The maximum absolute atomic E-state index is 11.5. The van der Waals surface area contributed by atoms with Crippen LogP contribution in [0.15, 0.2) is 37.1 Å². The Labute approximate surface area is 111 Å². The molecule has 0 saturated carbocycles. The maximum Gasteiger partial charge on any atom is 0.356 e. The van der Waals surface area contributed by atoms with Gasteiger partial charge in [0.25, 0.3) is 0 Å². The number of carbonyl (C=O) groups is 1. The molecule has 2 heterocycles. The number of fused-ring (bicyclic) bond motifs is 1. The molecule has 2 aromatic heterocycles. The van der Waals surface area contributed by atoms with Crippen molar-refractivity contribution < 1.29 is 9.90 Å². The first-order chi connectivity index (χ1) is 9.06. The van der Waals surface area contributed by atoms with E-state index < -0.39 is 5.97 Å². The number of imidazole rings is 1. The molecule has 2 rings (SSSR count). The smallest absolute Gasteiger partial charge is 0.356 e. The van der Waals surface area contributed by atoms with Gasteiger partial charge in [0.15, 0.2) is 11.5 Å². The van der Waals surface area contributed by atoms with E-state index in [-0.39, 0.29) is 11.7 Å². The summed E-state index contributed by atoms with van der Waals surface area (Å²) in [6.07, 6.45) is 3.46. The number of hydrogen-bond donors (Lipinski definition) is 1. The third kappa shape index (κ3) is 2.31. The summed E-state index contributed by atoms with van der Waals surface area (Å²) in [7, 11) is 0. The molecule has 0 bridgehead atoms. The van der Waals surface area contributed by atoms with E-state index in [4.69, 9.17) is 0 Å². The zero-order valence-corrected chi connectivity index (χ0v) is 11.1. The molecule has 0 aromatic carbocycles. The summed E-state index contributed by atoms with van der Waals surface area (Å²) in [5, 5.41) is 9.44. The number of carboxylic acids is 1. The van der Waals surface area contributed by atoms with Crippen LogP contribution in [0, 0.1) is 0 Å². The van der Waals surface area contributed by atoms with Crippen LogP contribution in [-0.4, -0.2) is 33.0 Å². The van der Waals surface area contributed by atoms with Gasteiger partial charge < -0.3 is 10.0 Å². The highest BCUT2D eigenvalue weighted by Crippen LogP contribution is 2.23. The topological polar surface area (TPSA) is 57.8 Å². The molecule has 0 radical (unpaired) electrons. The summed E-state index contributed by atoms with van der Waals surface area (Å²) in [5.41, 5.74) is 0.816. The lowest BCUT2D eigenvalue weighted by molar-refractivity contribution is 0.0690. The summed E-state index contributed by atoms with van der Waals surface area (Å²) in [6.45, 7) is 8.27. The van der Waals surface area contributed by atoms with Crippen molar-refractivity contribution in [1.82, 2.24) is 9.38 Å². The quantitative estimate of drug-likeness (QED) is 0.838. The standard InChI is InChI=1S/C14H17N3O2/c1-4-8-16(10(2)3)13-12(14(18)19)17-9-6-5-7-11(17)15-13/h4-7,9-10H,1,8H2,2-3H3,(H,18,19). The third-order valence-electron chi connectivity index (χ3n) is 2.94. The Morgan fingerprint density at radius 1 is 1.58 bits per heavy atom. The summed E-state index contributed by atoms with van der Waals surface area (Å²) >= 11 is 0. The lowest BCUT2D eigenvalue weighted by Gasteiger charge is -2.25. The van der Waals surface area contributed by atoms with Crippen LogP contribution in [0.3, 0.4) is 0 Å². The van der Waals surface area contributed by atoms with Crippen molar-refractivity contribution in [1.29, 1.82) is 0 Å². The van der Waals surface area contributed by atoms with Gasteiger partial charge in [-0.2, -0.15) is 0 Å². The molecule has 0 saturated heterocycles. The minimum atomic E-state index is -0.983. The Kier molecular flexibility index (Phi) is 3.55. The largest absolute Gasteiger partial charge is 0.476 e. The van der Waals surface area contributed by atoms with Crippen molar-refractivity contribution in [2.24, 2.45) is 0 Å². The van der Waals surface area contributed by atoms with Crippen LogP contribution in [0.5, 0.6) is 0 Å². The molecule has 0 spiro atoms. The molecule has 100 valence electrons. The fourth-order valence-corrected chi connectivity index (χ4v) is 2.06. The summed E-state index contributed by atoms with van der Waals surface area (Å²) in [5.74, 6) is -0.503. The zero-order valence-electron chi connectivity index (χ0n) is 11.1. The van der Waals surface area contributed by atoms with E-state index >= 15 is 0 Å². The van der Waals surface area contributed by atoms with Gasteiger partial charge in [0.1, 0.15) is 5.65 Å². The highest BCUT2D eigenvalue weighted by Gasteiger charge is 2.23. The minimum Gasteiger partial charge on any atom is -0.476 e. The first-order valence-electron chi connectivity index (χ1n) is 6.14. The van der Waals surface area contributed by atoms with Crippen LogP contribution in [0.1, 0.15) is 24.3 Å². The second kappa shape index (κ2) is 5.14. The summed E-state index contributed by atoms with van der Waals surface area (Å²) < 4.78 is 1.59. The van der Waals surface area contributed by atoms with E-state index in [9.17, 15) is 9.90 Å². The normalized spacial score (nSPS) is 10.9. The van der Waals surface area contributed by atoms with Crippen LogP contribution >= 0.6 is 0 Å². The van der Waals surface area contributed by atoms with Gasteiger partial charge in [-0.05, 0) is 26.0 Å². The molecule has 0 aliphatic heterocycles. The van der Waals surface area contributed by atoms with E-state index in [1.54, 1.807) is 28.8 Å². The second-order valence-corrected chi connectivity index (χ2v) is 4.55. The van der Waals surface area contributed by atoms with Crippen LogP contribution in [-0.2, 0) is 0 Å². The van der Waals surface area contributed by atoms with Crippen LogP contribution in [0.4, 0.5) is 5.82 Å². The van der Waals surface area contributed by atoms with Crippen LogP contribution < -0.4 is 4.90 Å². The predicted octanol–water partition coefficient (Wildman–Crippen LogP) is 2.43. The summed E-state index contributed by atoms with van der Waals surface area (Å²) in [6, 6.07) is 5.56. The average molecular weight is 259 g/mol. The molecule has 5 heteroatoms. The average Bonchev–Trinajstić information content (AvgIpc) is 2.74. The van der Waals surface area contributed by atoms with Gasteiger partial charge in [-0.3, -0.25) is 4.40 Å². The Hall–Kier alpha value is -2.30. The van der Waals surface area contributed by atoms with E-state index in [2.05, 4.69) is 11.6 Å². The van der Waals surface area contributed by atoms with Gasteiger partial charge in [0.05, 0.1) is 0 Å². The van der Waals surface area contributed by atoms with Crippen LogP contribution in [0.25, 0.3) is 5.65 Å². The number of anilines is 1. The molecule has 0 amide bonds. The van der Waals surface area contributed by atoms with Crippen molar-refractivity contribution in [2.75, 3.05) is 11.4 Å². The first kappa shape index (κ1) is 13.1. The molecule has 0 aliphatic rings. The number of hydrogen-bond acceptors (Lipinski definition) is 3. The molecular formula is C14H17N3O2. The fraction of sp³-hybridized carbons (Fsp3) is 0.286. The lowest BCUT2D eigenvalue weighted by atomic mass is 10.3. The van der Waals surface area contributed by atoms with Gasteiger partial charge in [-0.15, -0.1) is 6.58 Å². The molecule has 0 aliphatic carbocycles. The molecule has 5 nitrogen and oxygen atoms in total.